The number of rotatable bonds is 8. The highest BCUT2D eigenvalue weighted by molar-refractivity contribution is 5.64. The van der Waals surface area contributed by atoms with Gasteiger partial charge in [0, 0.05) is 23.5 Å². The van der Waals surface area contributed by atoms with Gasteiger partial charge in [0.15, 0.2) is 5.82 Å². The first-order valence-electron chi connectivity index (χ1n) is 11.8. The molecule has 1 aromatic heterocycles. The molecule has 2 heteroatoms. The summed E-state index contributed by atoms with van der Waals surface area (Å²) >= 11 is 0. The molecular weight excluding hydrogens is 364 g/mol. The van der Waals surface area contributed by atoms with Crippen molar-refractivity contribution in [3.8, 4) is 22.5 Å². The standard InChI is InChI=1S/C28H34N2/c1-2-3-4-6-9-22-12-14-25(15-13-22)27-20-29-28(30-21-27)26-18-16-24(17-19-26)23-10-7-5-8-11-23/h12-21,23H,2-11H2,1H3. The van der Waals surface area contributed by atoms with Crippen LogP contribution in [0.25, 0.3) is 22.5 Å². The minimum absolute atomic E-state index is 0.741. The third-order valence-corrected chi connectivity index (χ3v) is 6.50. The van der Waals surface area contributed by atoms with Crippen LogP contribution in [0.2, 0.25) is 0 Å². The van der Waals surface area contributed by atoms with Gasteiger partial charge in [-0.05, 0) is 48.3 Å². The second-order valence-electron chi connectivity index (χ2n) is 8.76. The lowest BCUT2D eigenvalue weighted by Crippen LogP contribution is -2.04. The molecule has 1 heterocycles. The monoisotopic (exact) mass is 398 g/mol. The molecule has 1 aliphatic carbocycles. The van der Waals surface area contributed by atoms with Crippen molar-refractivity contribution >= 4 is 0 Å². The molecule has 0 atom stereocenters. The molecule has 2 aromatic carbocycles. The average molecular weight is 399 g/mol. The summed E-state index contributed by atoms with van der Waals surface area (Å²) in [5.74, 6) is 1.55. The lowest BCUT2D eigenvalue weighted by molar-refractivity contribution is 0.443. The molecule has 0 aliphatic heterocycles. The first-order chi connectivity index (χ1) is 14.8. The van der Waals surface area contributed by atoms with Crippen LogP contribution < -0.4 is 0 Å². The molecule has 4 rings (SSSR count). The van der Waals surface area contributed by atoms with E-state index in [1.54, 1.807) is 0 Å². The Kier molecular flexibility index (Phi) is 7.29. The Morgan fingerprint density at radius 2 is 1.37 bits per heavy atom. The maximum Gasteiger partial charge on any atom is 0.159 e. The average Bonchev–Trinajstić information content (AvgIpc) is 2.83. The van der Waals surface area contributed by atoms with E-state index in [1.165, 1.54) is 80.9 Å². The van der Waals surface area contributed by atoms with Crippen molar-refractivity contribution < 1.29 is 0 Å². The maximum absolute atomic E-state index is 4.65. The molecule has 30 heavy (non-hydrogen) atoms. The van der Waals surface area contributed by atoms with Crippen molar-refractivity contribution in [1.29, 1.82) is 0 Å². The highest BCUT2D eigenvalue weighted by atomic mass is 14.9. The summed E-state index contributed by atoms with van der Waals surface area (Å²) in [6.45, 7) is 2.26. The summed E-state index contributed by atoms with van der Waals surface area (Å²) in [5.41, 5.74) is 6.26. The first kappa shape index (κ1) is 20.8. The van der Waals surface area contributed by atoms with E-state index in [-0.39, 0.29) is 0 Å². The molecule has 0 saturated heterocycles. The lowest BCUT2D eigenvalue weighted by Gasteiger charge is -2.22. The van der Waals surface area contributed by atoms with Gasteiger partial charge in [0.2, 0.25) is 0 Å². The van der Waals surface area contributed by atoms with Gasteiger partial charge < -0.3 is 0 Å². The van der Waals surface area contributed by atoms with E-state index in [0.29, 0.717) is 0 Å². The summed E-state index contributed by atoms with van der Waals surface area (Å²) in [4.78, 5) is 9.30. The zero-order valence-corrected chi connectivity index (χ0v) is 18.3. The normalized spacial score (nSPS) is 14.7. The maximum atomic E-state index is 4.65. The number of nitrogens with zero attached hydrogens (tertiary/aromatic N) is 2. The van der Waals surface area contributed by atoms with Gasteiger partial charge in [0.05, 0.1) is 0 Å². The van der Waals surface area contributed by atoms with Crippen LogP contribution >= 0.6 is 0 Å². The predicted octanol–water partition coefficient (Wildman–Crippen LogP) is 7.98. The summed E-state index contributed by atoms with van der Waals surface area (Å²) in [6, 6.07) is 17.8. The number of benzene rings is 2. The van der Waals surface area contributed by atoms with Gasteiger partial charge in [0.1, 0.15) is 0 Å². The Bertz CT molecular complexity index is 889. The van der Waals surface area contributed by atoms with E-state index in [1.807, 2.05) is 12.4 Å². The van der Waals surface area contributed by atoms with Crippen LogP contribution in [0.15, 0.2) is 60.9 Å². The summed E-state index contributed by atoms with van der Waals surface area (Å²) in [6.07, 6.45) is 17.1. The van der Waals surface area contributed by atoms with Crippen LogP contribution in [0.3, 0.4) is 0 Å². The molecule has 0 bridgehead atoms. The van der Waals surface area contributed by atoms with E-state index in [0.717, 1.165) is 22.9 Å². The Morgan fingerprint density at radius 3 is 2.03 bits per heavy atom. The molecule has 3 aromatic rings. The molecule has 2 nitrogen and oxygen atoms in total. The molecule has 0 spiro atoms. The van der Waals surface area contributed by atoms with Crippen LogP contribution in [0, 0.1) is 0 Å². The van der Waals surface area contributed by atoms with E-state index in [9.17, 15) is 0 Å². The number of hydrogen-bond donors (Lipinski definition) is 0. The first-order valence-corrected chi connectivity index (χ1v) is 11.8. The lowest BCUT2D eigenvalue weighted by atomic mass is 9.84. The number of aromatic nitrogens is 2. The van der Waals surface area contributed by atoms with Crippen molar-refractivity contribution in [2.45, 2.75) is 77.0 Å². The van der Waals surface area contributed by atoms with Gasteiger partial charge in [-0.2, -0.15) is 0 Å². The van der Waals surface area contributed by atoms with Crippen LogP contribution in [0.4, 0.5) is 0 Å². The van der Waals surface area contributed by atoms with Crippen molar-refractivity contribution in [2.24, 2.45) is 0 Å². The fraction of sp³-hybridized carbons (Fsp3) is 0.429. The number of hydrogen-bond acceptors (Lipinski definition) is 2. The molecule has 1 aliphatic rings. The van der Waals surface area contributed by atoms with Gasteiger partial charge in [-0.25, -0.2) is 9.97 Å². The zero-order chi connectivity index (χ0) is 20.6. The van der Waals surface area contributed by atoms with Gasteiger partial charge in [-0.15, -0.1) is 0 Å². The summed E-state index contributed by atoms with van der Waals surface area (Å²) < 4.78 is 0. The van der Waals surface area contributed by atoms with Gasteiger partial charge in [-0.1, -0.05) is 94.0 Å². The Hall–Kier alpha value is -2.48. The predicted molar refractivity (Wildman–Crippen MR) is 127 cm³/mol. The largest absolute Gasteiger partial charge is 0.236 e. The Morgan fingerprint density at radius 1 is 0.700 bits per heavy atom. The van der Waals surface area contributed by atoms with Crippen LogP contribution in [0.1, 0.15) is 81.8 Å². The molecule has 1 saturated carbocycles. The second kappa shape index (κ2) is 10.5. The topological polar surface area (TPSA) is 25.8 Å². The van der Waals surface area contributed by atoms with Crippen molar-refractivity contribution in [3.05, 3.63) is 72.1 Å². The second-order valence-corrected chi connectivity index (χ2v) is 8.76. The van der Waals surface area contributed by atoms with Crippen LogP contribution in [-0.4, -0.2) is 9.97 Å². The highest BCUT2D eigenvalue weighted by Crippen LogP contribution is 2.33. The Balaban J connectivity index is 1.39. The molecule has 0 amide bonds. The van der Waals surface area contributed by atoms with Gasteiger partial charge in [0.25, 0.3) is 0 Å². The van der Waals surface area contributed by atoms with E-state index < -0.39 is 0 Å². The van der Waals surface area contributed by atoms with E-state index in [4.69, 9.17) is 0 Å². The minimum atomic E-state index is 0.741. The highest BCUT2D eigenvalue weighted by Gasteiger charge is 2.15. The molecule has 156 valence electrons. The summed E-state index contributed by atoms with van der Waals surface area (Å²) in [7, 11) is 0. The zero-order valence-electron chi connectivity index (χ0n) is 18.3. The van der Waals surface area contributed by atoms with Crippen LogP contribution in [-0.2, 0) is 6.42 Å². The fourth-order valence-corrected chi connectivity index (χ4v) is 4.59. The van der Waals surface area contributed by atoms with Gasteiger partial charge >= 0.3 is 0 Å². The van der Waals surface area contributed by atoms with Crippen LogP contribution in [0.5, 0.6) is 0 Å². The third-order valence-electron chi connectivity index (χ3n) is 6.50. The molecule has 0 radical (unpaired) electrons. The molecular formula is C28H34N2. The van der Waals surface area contributed by atoms with E-state index >= 15 is 0 Å². The van der Waals surface area contributed by atoms with E-state index in [2.05, 4.69) is 65.4 Å². The molecule has 0 N–H and O–H groups in total. The van der Waals surface area contributed by atoms with Crippen molar-refractivity contribution in [3.63, 3.8) is 0 Å². The third kappa shape index (κ3) is 5.36. The minimum Gasteiger partial charge on any atom is -0.236 e. The molecule has 1 fully saturated rings. The van der Waals surface area contributed by atoms with Crippen molar-refractivity contribution in [2.75, 3.05) is 0 Å². The SMILES string of the molecule is CCCCCCc1ccc(-c2cnc(-c3ccc(C4CCCCC4)cc3)nc2)cc1. The molecule has 0 unspecified atom stereocenters. The van der Waals surface area contributed by atoms with Crippen molar-refractivity contribution in [1.82, 2.24) is 9.97 Å². The quantitative estimate of drug-likeness (QED) is 0.359. The number of unbranched alkanes of at least 4 members (excludes halogenated alkanes) is 3. The summed E-state index contributed by atoms with van der Waals surface area (Å²) in [5, 5.41) is 0. The van der Waals surface area contributed by atoms with Gasteiger partial charge in [-0.3, -0.25) is 0 Å². The Labute approximate surface area is 181 Å². The fourth-order valence-electron chi connectivity index (χ4n) is 4.59. The smallest absolute Gasteiger partial charge is 0.159 e. The number of aryl methyl sites for hydroxylation is 1.